The lowest BCUT2D eigenvalue weighted by Gasteiger charge is -2.44. The van der Waals surface area contributed by atoms with Crippen LogP contribution in [0.4, 0.5) is 5.69 Å². The minimum absolute atomic E-state index is 0.0512. The number of ether oxygens (including phenoxy) is 2. The van der Waals surface area contributed by atoms with E-state index in [1.807, 2.05) is 6.07 Å². The van der Waals surface area contributed by atoms with Crippen LogP contribution in [0.5, 0.6) is 0 Å². The first-order valence-electron chi connectivity index (χ1n) is 9.99. The van der Waals surface area contributed by atoms with Gasteiger partial charge in [0.15, 0.2) is 0 Å². The Kier molecular flexibility index (Phi) is 5.30. The molecule has 1 N–H and O–H groups in total. The Morgan fingerprint density at radius 3 is 2.88 bits per heavy atom. The summed E-state index contributed by atoms with van der Waals surface area (Å²) in [5.41, 5.74) is 3.63. The van der Waals surface area contributed by atoms with Crippen molar-refractivity contribution in [3.8, 4) is 0 Å². The molecule has 1 amide bonds. The monoisotopic (exact) mass is 358 g/mol. The molecule has 142 valence electrons. The molecule has 4 rings (SSSR count). The van der Waals surface area contributed by atoms with Gasteiger partial charge in [0.1, 0.15) is 0 Å². The number of benzene rings is 1. The first kappa shape index (κ1) is 18.0. The van der Waals surface area contributed by atoms with Gasteiger partial charge in [-0.15, -0.1) is 0 Å². The lowest BCUT2D eigenvalue weighted by atomic mass is 9.86. The zero-order chi connectivity index (χ0) is 18.0. The Bertz CT molecular complexity index is 655. The summed E-state index contributed by atoms with van der Waals surface area (Å²) in [7, 11) is 1.75. The van der Waals surface area contributed by atoms with Gasteiger partial charge in [-0.1, -0.05) is 6.07 Å². The van der Waals surface area contributed by atoms with Crippen molar-refractivity contribution in [2.45, 2.75) is 56.7 Å². The fourth-order valence-corrected chi connectivity index (χ4v) is 4.82. The van der Waals surface area contributed by atoms with Gasteiger partial charge in [-0.25, -0.2) is 0 Å². The number of carbonyl (C=O) groups is 1. The second kappa shape index (κ2) is 7.67. The molecule has 0 aromatic heterocycles. The maximum absolute atomic E-state index is 12.5. The Balaban J connectivity index is 1.34. The maximum Gasteiger partial charge on any atom is 0.238 e. The van der Waals surface area contributed by atoms with Crippen molar-refractivity contribution in [1.29, 1.82) is 0 Å². The largest absolute Gasteiger partial charge is 0.377 e. The number of hydrogen-bond donors (Lipinski definition) is 1. The predicted octanol–water partition coefficient (Wildman–Crippen LogP) is 2.77. The average Bonchev–Trinajstić information content (AvgIpc) is 3.12. The minimum Gasteiger partial charge on any atom is -0.377 e. The highest BCUT2D eigenvalue weighted by Gasteiger charge is 2.46. The smallest absolute Gasteiger partial charge is 0.238 e. The molecule has 0 radical (unpaired) electrons. The molecule has 2 atom stereocenters. The third-order valence-electron chi connectivity index (χ3n) is 6.28. The van der Waals surface area contributed by atoms with Crippen molar-refractivity contribution < 1.29 is 14.3 Å². The molecule has 2 aliphatic heterocycles. The molecule has 5 nitrogen and oxygen atoms in total. The van der Waals surface area contributed by atoms with E-state index in [9.17, 15) is 4.79 Å². The second-order valence-electron chi connectivity index (χ2n) is 7.97. The number of fused-ring (bicyclic) bond motifs is 1. The van der Waals surface area contributed by atoms with E-state index < -0.39 is 0 Å². The van der Waals surface area contributed by atoms with Crippen LogP contribution in [-0.2, 0) is 27.1 Å². The summed E-state index contributed by atoms with van der Waals surface area (Å²) in [5, 5.41) is 3.08. The average molecular weight is 358 g/mol. The molecular formula is C21H30N2O3. The number of rotatable bonds is 4. The van der Waals surface area contributed by atoms with Gasteiger partial charge in [0.05, 0.1) is 18.2 Å². The summed E-state index contributed by atoms with van der Waals surface area (Å²) in [6.45, 7) is 2.89. The van der Waals surface area contributed by atoms with E-state index in [-0.39, 0.29) is 17.6 Å². The molecular weight excluding hydrogens is 328 g/mol. The standard InChI is InChI=1S/C21H30N2O3/c1-25-19-14-23(11-10-21(19)9-4-12-26-21)15-20(24)22-18-8-7-16-5-2-3-6-17(16)13-18/h7-8,13,19H,2-6,9-12,14-15H2,1H3,(H,22,24)/t19-,21+/m1/s1. The number of amides is 1. The number of nitrogens with zero attached hydrogens (tertiary/aromatic N) is 1. The van der Waals surface area contributed by atoms with Gasteiger partial charge in [-0.2, -0.15) is 0 Å². The summed E-state index contributed by atoms with van der Waals surface area (Å²) < 4.78 is 11.8. The number of carbonyl (C=O) groups excluding carboxylic acids is 1. The van der Waals surface area contributed by atoms with Gasteiger partial charge in [-0.3, -0.25) is 9.69 Å². The van der Waals surface area contributed by atoms with E-state index >= 15 is 0 Å². The quantitative estimate of drug-likeness (QED) is 0.899. The van der Waals surface area contributed by atoms with Crippen LogP contribution in [0.1, 0.15) is 43.2 Å². The highest BCUT2D eigenvalue weighted by atomic mass is 16.5. The van der Waals surface area contributed by atoms with Crippen molar-refractivity contribution in [2.24, 2.45) is 0 Å². The van der Waals surface area contributed by atoms with Crippen molar-refractivity contribution in [3.63, 3.8) is 0 Å². The molecule has 1 spiro atoms. The molecule has 0 saturated carbocycles. The normalized spacial score (nSPS) is 28.9. The Hall–Kier alpha value is -1.43. The van der Waals surface area contributed by atoms with E-state index in [0.29, 0.717) is 6.54 Å². The third kappa shape index (κ3) is 3.66. The van der Waals surface area contributed by atoms with Gasteiger partial charge in [-0.05, 0) is 68.2 Å². The van der Waals surface area contributed by atoms with Crippen LogP contribution in [0.25, 0.3) is 0 Å². The summed E-state index contributed by atoms with van der Waals surface area (Å²) in [6.07, 6.45) is 7.99. The zero-order valence-corrected chi connectivity index (χ0v) is 15.8. The summed E-state index contributed by atoms with van der Waals surface area (Å²) in [4.78, 5) is 14.7. The summed E-state index contributed by atoms with van der Waals surface area (Å²) in [5.74, 6) is 0.0545. The Morgan fingerprint density at radius 1 is 1.27 bits per heavy atom. The van der Waals surface area contributed by atoms with Crippen LogP contribution < -0.4 is 5.32 Å². The lowest BCUT2D eigenvalue weighted by Crippen LogP contribution is -2.57. The van der Waals surface area contributed by atoms with Gasteiger partial charge >= 0.3 is 0 Å². The number of piperidine rings is 1. The predicted molar refractivity (Wildman–Crippen MR) is 101 cm³/mol. The van der Waals surface area contributed by atoms with Crippen LogP contribution in [0, 0.1) is 0 Å². The molecule has 1 aromatic carbocycles. The van der Waals surface area contributed by atoms with Crippen molar-refractivity contribution >= 4 is 11.6 Å². The first-order chi connectivity index (χ1) is 12.7. The van der Waals surface area contributed by atoms with Gasteiger partial charge in [0.25, 0.3) is 0 Å². The highest BCUT2D eigenvalue weighted by molar-refractivity contribution is 5.92. The lowest BCUT2D eigenvalue weighted by molar-refractivity contribution is -0.145. The molecule has 2 fully saturated rings. The van der Waals surface area contributed by atoms with Crippen molar-refractivity contribution in [3.05, 3.63) is 29.3 Å². The van der Waals surface area contributed by atoms with E-state index in [1.165, 1.54) is 30.4 Å². The third-order valence-corrected chi connectivity index (χ3v) is 6.28. The zero-order valence-electron chi connectivity index (χ0n) is 15.8. The SMILES string of the molecule is CO[C@@H]1CN(CC(=O)Nc2ccc3c(c2)CCCC3)CC[C@@]12CCCO2. The number of anilines is 1. The fourth-order valence-electron chi connectivity index (χ4n) is 4.82. The molecule has 5 heteroatoms. The summed E-state index contributed by atoms with van der Waals surface area (Å²) >= 11 is 0. The molecule has 2 saturated heterocycles. The molecule has 1 aromatic rings. The molecule has 0 bridgehead atoms. The van der Waals surface area contributed by atoms with Gasteiger partial charge < -0.3 is 14.8 Å². The summed E-state index contributed by atoms with van der Waals surface area (Å²) in [6, 6.07) is 6.37. The number of hydrogen-bond acceptors (Lipinski definition) is 4. The molecule has 1 aliphatic carbocycles. The topological polar surface area (TPSA) is 50.8 Å². The van der Waals surface area contributed by atoms with Crippen molar-refractivity contribution in [2.75, 3.05) is 38.7 Å². The van der Waals surface area contributed by atoms with Gasteiger partial charge in [0.2, 0.25) is 5.91 Å². The van der Waals surface area contributed by atoms with Crippen LogP contribution in [-0.4, -0.2) is 55.9 Å². The molecule has 3 aliphatic rings. The number of likely N-dealkylation sites (tertiary alicyclic amines) is 1. The number of nitrogens with one attached hydrogen (secondary N) is 1. The van der Waals surface area contributed by atoms with Crippen LogP contribution in [0.2, 0.25) is 0 Å². The van der Waals surface area contributed by atoms with Crippen LogP contribution >= 0.6 is 0 Å². The van der Waals surface area contributed by atoms with Crippen LogP contribution in [0.3, 0.4) is 0 Å². The molecule has 2 heterocycles. The number of aryl methyl sites for hydroxylation is 2. The fraction of sp³-hybridized carbons (Fsp3) is 0.667. The van der Waals surface area contributed by atoms with E-state index in [0.717, 1.165) is 51.1 Å². The Labute approximate surface area is 156 Å². The molecule has 26 heavy (non-hydrogen) atoms. The second-order valence-corrected chi connectivity index (χ2v) is 7.97. The van der Waals surface area contributed by atoms with Crippen LogP contribution in [0.15, 0.2) is 18.2 Å². The first-order valence-corrected chi connectivity index (χ1v) is 9.99. The number of methoxy groups -OCH3 is 1. The maximum atomic E-state index is 12.5. The van der Waals surface area contributed by atoms with Gasteiger partial charge in [0, 0.05) is 32.5 Å². The van der Waals surface area contributed by atoms with E-state index in [2.05, 4.69) is 22.3 Å². The highest BCUT2D eigenvalue weighted by Crippen LogP contribution is 2.37. The van der Waals surface area contributed by atoms with E-state index in [1.54, 1.807) is 7.11 Å². The Morgan fingerprint density at radius 2 is 2.12 bits per heavy atom. The minimum atomic E-state index is -0.125. The van der Waals surface area contributed by atoms with Crippen molar-refractivity contribution in [1.82, 2.24) is 4.90 Å². The van der Waals surface area contributed by atoms with E-state index in [4.69, 9.17) is 9.47 Å². The molecule has 0 unspecified atom stereocenters.